The molecule has 0 aromatic heterocycles. The standard InChI is InChI=1S/C29H42O7/c1-16-12-23(36-26(33)19(16)15-35-4)18(14-30)21-8-7-20-17-13-25(32)29(34)10-5-6-24(31)28(29,3)22(17)9-11-27(20,21)2/h5-6,17-18,20-23,25,30,32,34H,7-15H2,1-4H3/t17-,18-,20-,21+,22-,23+,25+,27-,28-,29-/m0/s1. The first-order valence-electron chi connectivity index (χ1n) is 13.6. The highest BCUT2D eigenvalue weighted by molar-refractivity contribution is 5.97. The molecule has 3 saturated carbocycles. The molecule has 36 heavy (non-hydrogen) atoms. The van der Waals surface area contributed by atoms with Crippen molar-refractivity contribution in [3.63, 3.8) is 0 Å². The predicted molar refractivity (Wildman–Crippen MR) is 133 cm³/mol. The summed E-state index contributed by atoms with van der Waals surface area (Å²) in [7, 11) is 1.56. The van der Waals surface area contributed by atoms with E-state index in [4.69, 9.17) is 9.47 Å². The number of aliphatic hydroxyl groups is 3. The molecule has 3 fully saturated rings. The van der Waals surface area contributed by atoms with Gasteiger partial charge < -0.3 is 24.8 Å². The number of allylic oxidation sites excluding steroid dienone is 1. The lowest BCUT2D eigenvalue weighted by Crippen LogP contribution is -2.69. The highest BCUT2D eigenvalue weighted by atomic mass is 16.5. The van der Waals surface area contributed by atoms with Crippen LogP contribution in [0.3, 0.4) is 0 Å². The molecule has 0 aromatic rings. The first-order chi connectivity index (χ1) is 17.0. The van der Waals surface area contributed by atoms with Gasteiger partial charge in [-0.05, 0) is 87.5 Å². The number of ether oxygens (including phenoxy) is 2. The third kappa shape index (κ3) is 3.45. The van der Waals surface area contributed by atoms with Crippen molar-refractivity contribution in [3.8, 4) is 0 Å². The summed E-state index contributed by atoms with van der Waals surface area (Å²) in [5.74, 6) is 0.0221. The second kappa shape index (κ2) is 9.04. The van der Waals surface area contributed by atoms with Crippen molar-refractivity contribution >= 4 is 11.8 Å². The summed E-state index contributed by atoms with van der Waals surface area (Å²) in [5.41, 5.74) is -0.960. The van der Waals surface area contributed by atoms with E-state index in [1.807, 2.05) is 13.8 Å². The van der Waals surface area contributed by atoms with Crippen LogP contribution in [0.5, 0.6) is 0 Å². The zero-order chi connectivity index (χ0) is 26.0. The molecule has 1 aliphatic heterocycles. The van der Waals surface area contributed by atoms with Crippen molar-refractivity contribution in [2.24, 2.45) is 40.4 Å². The molecule has 0 spiro atoms. The zero-order valence-corrected chi connectivity index (χ0v) is 22.0. The molecule has 0 bridgehead atoms. The van der Waals surface area contributed by atoms with Crippen molar-refractivity contribution in [2.45, 2.75) is 83.5 Å². The molecule has 5 aliphatic rings. The van der Waals surface area contributed by atoms with Gasteiger partial charge in [-0.15, -0.1) is 0 Å². The molecule has 0 unspecified atom stereocenters. The number of methoxy groups -OCH3 is 1. The average Bonchev–Trinajstić information content (AvgIpc) is 3.17. The molecule has 0 radical (unpaired) electrons. The molecule has 5 rings (SSSR count). The molecule has 0 aromatic carbocycles. The fourth-order valence-corrected chi connectivity index (χ4v) is 9.38. The maximum Gasteiger partial charge on any atom is 0.336 e. The molecule has 1 heterocycles. The minimum Gasteiger partial charge on any atom is -0.458 e. The molecular formula is C29H42O7. The average molecular weight is 503 g/mol. The number of fused-ring (bicyclic) bond motifs is 5. The van der Waals surface area contributed by atoms with Crippen molar-refractivity contribution in [1.82, 2.24) is 0 Å². The Morgan fingerprint density at radius 2 is 1.94 bits per heavy atom. The van der Waals surface area contributed by atoms with E-state index in [0.717, 1.165) is 31.3 Å². The zero-order valence-electron chi connectivity index (χ0n) is 22.0. The van der Waals surface area contributed by atoms with Crippen LogP contribution in [-0.2, 0) is 19.1 Å². The number of aliphatic hydroxyl groups excluding tert-OH is 2. The number of hydrogen-bond acceptors (Lipinski definition) is 7. The molecule has 7 nitrogen and oxygen atoms in total. The maximum absolute atomic E-state index is 13.2. The number of carbonyl (C=O) groups excluding carboxylic acids is 2. The number of ketones is 1. The first kappa shape index (κ1) is 26.1. The molecule has 200 valence electrons. The van der Waals surface area contributed by atoms with Crippen LogP contribution in [0, 0.1) is 40.4 Å². The number of esters is 1. The van der Waals surface area contributed by atoms with Crippen LogP contribution in [0.1, 0.15) is 65.7 Å². The van der Waals surface area contributed by atoms with Crippen LogP contribution < -0.4 is 0 Å². The van der Waals surface area contributed by atoms with E-state index in [1.165, 1.54) is 0 Å². The quantitative estimate of drug-likeness (QED) is 0.496. The van der Waals surface area contributed by atoms with Gasteiger partial charge >= 0.3 is 5.97 Å². The van der Waals surface area contributed by atoms with Crippen LogP contribution >= 0.6 is 0 Å². The molecule has 3 N–H and O–H groups in total. The SMILES string of the molecule is COCC1=C(C)C[C@H]([C@@H](CO)[C@H]2CC[C@H]3[C@@H]4C[C@@H](O)[C@@]5(O)CC=CC(=O)[C@]5(C)[C@H]4CC[C@]23C)OC1=O. The van der Waals surface area contributed by atoms with E-state index >= 15 is 0 Å². The topological polar surface area (TPSA) is 113 Å². The van der Waals surface area contributed by atoms with Gasteiger partial charge in [0.1, 0.15) is 11.7 Å². The minimum absolute atomic E-state index is 0.0158. The number of cyclic esters (lactones) is 1. The molecular weight excluding hydrogens is 460 g/mol. The molecule has 7 heteroatoms. The Labute approximate surface area is 213 Å². The van der Waals surface area contributed by atoms with Crippen LogP contribution in [0.4, 0.5) is 0 Å². The lowest BCUT2D eigenvalue weighted by Gasteiger charge is -2.63. The summed E-state index contributed by atoms with van der Waals surface area (Å²) < 4.78 is 11.1. The van der Waals surface area contributed by atoms with E-state index in [2.05, 4.69) is 6.92 Å². The van der Waals surface area contributed by atoms with E-state index in [0.29, 0.717) is 24.8 Å². The Morgan fingerprint density at radius 3 is 2.61 bits per heavy atom. The Balaban J connectivity index is 1.42. The fourth-order valence-electron chi connectivity index (χ4n) is 9.38. The van der Waals surface area contributed by atoms with Crippen LogP contribution in [-0.4, -0.2) is 65.2 Å². The highest BCUT2D eigenvalue weighted by Gasteiger charge is 2.69. The van der Waals surface area contributed by atoms with Gasteiger partial charge in [-0.25, -0.2) is 4.79 Å². The van der Waals surface area contributed by atoms with Gasteiger partial charge in [-0.1, -0.05) is 18.6 Å². The van der Waals surface area contributed by atoms with Gasteiger partial charge in [0.25, 0.3) is 0 Å². The number of hydrogen-bond donors (Lipinski definition) is 3. The summed E-state index contributed by atoms with van der Waals surface area (Å²) in [6.45, 7) is 6.31. The second-order valence-electron chi connectivity index (χ2n) is 12.6. The summed E-state index contributed by atoms with van der Waals surface area (Å²) in [4.78, 5) is 26.0. The lowest BCUT2D eigenvalue weighted by atomic mass is 9.43. The van der Waals surface area contributed by atoms with Crippen LogP contribution in [0.15, 0.2) is 23.3 Å². The highest BCUT2D eigenvalue weighted by Crippen LogP contribution is 2.68. The van der Waals surface area contributed by atoms with E-state index < -0.39 is 17.1 Å². The largest absolute Gasteiger partial charge is 0.458 e. The second-order valence-corrected chi connectivity index (χ2v) is 12.6. The van der Waals surface area contributed by atoms with Crippen molar-refractivity contribution in [3.05, 3.63) is 23.3 Å². The monoisotopic (exact) mass is 502 g/mol. The Kier molecular flexibility index (Phi) is 6.55. The van der Waals surface area contributed by atoms with Crippen molar-refractivity contribution in [1.29, 1.82) is 0 Å². The smallest absolute Gasteiger partial charge is 0.336 e. The Hall–Kier alpha value is -1.54. The van der Waals surface area contributed by atoms with Gasteiger partial charge in [0.05, 0.1) is 23.7 Å². The number of rotatable bonds is 5. The summed E-state index contributed by atoms with van der Waals surface area (Å²) >= 11 is 0. The van der Waals surface area contributed by atoms with Gasteiger partial charge in [0.2, 0.25) is 0 Å². The minimum atomic E-state index is -1.42. The summed E-state index contributed by atoms with van der Waals surface area (Å²) in [5, 5.41) is 33.3. The Bertz CT molecular complexity index is 986. The third-order valence-electron chi connectivity index (χ3n) is 11.4. The molecule has 0 saturated heterocycles. The lowest BCUT2D eigenvalue weighted by molar-refractivity contribution is -0.232. The predicted octanol–water partition coefficient (Wildman–Crippen LogP) is 2.96. The van der Waals surface area contributed by atoms with Gasteiger partial charge in [-0.3, -0.25) is 4.79 Å². The molecule has 0 amide bonds. The van der Waals surface area contributed by atoms with Gasteiger partial charge in [-0.2, -0.15) is 0 Å². The first-order valence-corrected chi connectivity index (χ1v) is 13.6. The Morgan fingerprint density at radius 1 is 1.19 bits per heavy atom. The molecule has 4 aliphatic carbocycles. The molecule has 10 atom stereocenters. The maximum atomic E-state index is 13.2. The van der Waals surface area contributed by atoms with Crippen LogP contribution in [0.25, 0.3) is 0 Å². The summed E-state index contributed by atoms with van der Waals surface area (Å²) in [6, 6.07) is 0. The van der Waals surface area contributed by atoms with Gasteiger partial charge in [0, 0.05) is 26.1 Å². The van der Waals surface area contributed by atoms with E-state index in [-0.39, 0.29) is 66.1 Å². The van der Waals surface area contributed by atoms with E-state index in [9.17, 15) is 24.9 Å². The van der Waals surface area contributed by atoms with Gasteiger partial charge in [0.15, 0.2) is 5.78 Å². The third-order valence-corrected chi connectivity index (χ3v) is 11.4. The van der Waals surface area contributed by atoms with Crippen molar-refractivity contribution < 1.29 is 34.4 Å². The fraction of sp³-hybridized carbons (Fsp3) is 0.793. The van der Waals surface area contributed by atoms with E-state index in [1.54, 1.807) is 19.3 Å². The summed E-state index contributed by atoms with van der Waals surface area (Å²) in [6.07, 6.45) is 6.96. The number of carbonyl (C=O) groups is 2. The normalized spacial score (nSPS) is 47.2. The van der Waals surface area contributed by atoms with Crippen LogP contribution in [0.2, 0.25) is 0 Å². The van der Waals surface area contributed by atoms with Crippen molar-refractivity contribution in [2.75, 3.05) is 20.3 Å².